The zero-order chi connectivity index (χ0) is 13.9. The largest absolute Gasteiger partial charge is 0.497 e. The van der Waals surface area contributed by atoms with E-state index in [-0.39, 0.29) is 0 Å². The molecule has 2 heterocycles. The predicted octanol–water partition coefficient (Wildman–Crippen LogP) is 2.32. The highest BCUT2D eigenvalue weighted by atomic mass is 16.5. The summed E-state index contributed by atoms with van der Waals surface area (Å²) in [6, 6.07) is 5.39. The van der Waals surface area contributed by atoms with Crippen molar-refractivity contribution < 1.29 is 9.26 Å². The van der Waals surface area contributed by atoms with Crippen LogP contribution in [-0.2, 0) is 0 Å². The Bertz CT molecular complexity index is 591. The highest BCUT2D eigenvalue weighted by molar-refractivity contribution is 5.72. The van der Waals surface area contributed by atoms with E-state index < -0.39 is 0 Å². The summed E-state index contributed by atoms with van der Waals surface area (Å²) < 4.78 is 10.5. The van der Waals surface area contributed by atoms with Crippen LogP contribution in [0.1, 0.15) is 19.3 Å². The number of methoxy groups -OCH3 is 1. The molecule has 1 aromatic carbocycles. The van der Waals surface area contributed by atoms with E-state index in [2.05, 4.69) is 15.0 Å². The zero-order valence-electron chi connectivity index (χ0n) is 11.5. The first-order chi connectivity index (χ1) is 9.78. The van der Waals surface area contributed by atoms with Gasteiger partial charge in [0.25, 0.3) is 11.8 Å². The summed E-state index contributed by atoms with van der Waals surface area (Å²) in [4.78, 5) is 6.60. The standard InChI is InChI=1S/C14H18N4O2/c1-19-10-5-6-12(15)11(9-10)13-16-14(17-20-13)18-7-3-2-4-8-18/h5-6,9H,2-4,7-8,15H2,1H3. The van der Waals surface area contributed by atoms with Crippen LogP contribution in [0.2, 0.25) is 0 Å². The summed E-state index contributed by atoms with van der Waals surface area (Å²) in [6.07, 6.45) is 3.61. The summed E-state index contributed by atoms with van der Waals surface area (Å²) in [5.41, 5.74) is 7.27. The lowest BCUT2D eigenvalue weighted by Crippen LogP contribution is -2.30. The smallest absolute Gasteiger partial charge is 0.266 e. The van der Waals surface area contributed by atoms with Gasteiger partial charge in [-0.2, -0.15) is 4.98 Å². The van der Waals surface area contributed by atoms with E-state index in [9.17, 15) is 0 Å². The summed E-state index contributed by atoms with van der Waals surface area (Å²) in [5, 5.41) is 4.06. The van der Waals surface area contributed by atoms with Crippen LogP contribution in [0, 0.1) is 0 Å². The van der Waals surface area contributed by atoms with Crippen LogP contribution < -0.4 is 15.4 Å². The van der Waals surface area contributed by atoms with E-state index in [1.165, 1.54) is 19.3 Å². The van der Waals surface area contributed by atoms with Gasteiger partial charge in [-0.1, -0.05) is 0 Å². The Hall–Kier alpha value is -2.24. The van der Waals surface area contributed by atoms with E-state index in [0.717, 1.165) is 13.1 Å². The van der Waals surface area contributed by atoms with E-state index in [1.54, 1.807) is 19.2 Å². The van der Waals surface area contributed by atoms with Crippen LogP contribution >= 0.6 is 0 Å². The van der Waals surface area contributed by atoms with E-state index in [1.807, 2.05) is 6.07 Å². The van der Waals surface area contributed by atoms with Crippen molar-refractivity contribution in [2.45, 2.75) is 19.3 Å². The molecule has 1 saturated heterocycles. The molecule has 2 N–H and O–H groups in total. The van der Waals surface area contributed by atoms with Crippen LogP contribution in [0.15, 0.2) is 22.7 Å². The number of hydrogen-bond donors (Lipinski definition) is 1. The van der Waals surface area contributed by atoms with Gasteiger partial charge in [0.05, 0.1) is 12.7 Å². The Morgan fingerprint density at radius 1 is 1.25 bits per heavy atom. The topological polar surface area (TPSA) is 77.4 Å². The van der Waals surface area contributed by atoms with Crippen molar-refractivity contribution in [2.75, 3.05) is 30.8 Å². The van der Waals surface area contributed by atoms with Crippen LogP contribution in [0.4, 0.5) is 11.6 Å². The molecule has 1 aromatic heterocycles. The SMILES string of the molecule is COc1ccc(N)c(-c2nc(N3CCCCC3)no2)c1. The van der Waals surface area contributed by atoms with Crippen molar-refractivity contribution in [3.05, 3.63) is 18.2 Å². The van der Waals surface area contributed by atoms with Crippen LogP contribution in [-0.4, -0.2) is 30.3 Å². The second-order valence-electron chi connectivity index (χ2n) is 4.90. The van der Waals surface area contributed by atoms with Crippen LogP contribution in [0.5, 0.6) is 5.75 Å². The molecule has 20 heavy (non-hydrogen) atoms. The number of benzene rings is 1. The van der Waals surface area contributed by atoms with Crippen molar-refractivity contribution in [3.8, 4) is 17.2 Å². The van der Waals surface area contributed by atoms with Gasteiger partial charge in [-0.15, -0.1) is 0 Å². The minimum Gasteiger partial charge on any atom is -0.497 e. The number of anilines is 2. The van der Waals surface area contributed by atoms with Crippen molar-refractivity contribution in [1.82, 2.24) is 10.1 Å². The number of rotatable bonds is 3. The fourth-order valence-electron chi connectivity index (χ4n) is 2.40. The molecule has 1 aliphatic heterocycles. The maximum Gasteiger partial charge on any atom is 0.266 e. The lowest BCUT2D eigenvalue weighted by molar-refractivity contribution is 0.413. The second kappa shape index (κ2) is 5.40. The van der Waals surface area contributed by atoms with Gasteiger partial charge in [0, 0.05) is 18.8 Å². The first-order valence-electron chi connectivity index (χ1n) is 6.80. The zero-order valence-corrected chi connectivity index (χ0v) is 11.5. The normalized spacial score (nSPS) is 15.3. The third-order valence-corrected chi connectivity index (χ3v) is 3.55. The van der Waals surface area contributed by atoms with Gasteiger partial charge in [0.15, 0.2) is 0 Å². The molecular formula is C14H18N4O2. The molecule has 6 nitrogen and oxygen atoms in total. The lowest BCUT2D eigenvalue weighted by Gasteiger charge is -2.24. The molecule has 0 saturated carbocycles. The predicted molar refractivity (Wildman–Crippen MR) is 76.8 cm³/mol. The van der Waals surface area contributed by atoms with Crippen molar-refractivity contribution >= 4 is 11.6 Å². The monoisotopic (exact) mass is 274 g/mol. The van der Waals surface area contributed by atoms with Gasteiger partial charge in [-0.3, -0.25) is 0 Å². The molecule has 3 rings (SSSR count). The summed E-state index contributed by atoms with van der Waals surface area (Å²) in [5.74, 6) is 1.79. The average Bonchev–Trinajstić information content (AvgIpc) is 2.98. The van der Waals surface area contributed by atoms with E-state index >= 15 is 0 Å². The average molecular weight is 274 g/mol. The molecule has 106 valence electrons. The highest BCUT2D eigenvalue weighted by Crippen LogP contribution is 2.30. The maximum absolute atomic E-state index is 5.97. The molecule has 1 fully saturated rings. The molecule has 0 spiro atoms. The first kappa shape index (κ1) is 12.8. The minimum absolute atomic E-state index is 0.432. The fourth-order valence-corrected chi connectivity index (χ4v) is 2.40. The number of nitrogens with zero attached hydrogens (tertiary/aromatic N) is 3. The second-order valence-corrected chi connectivity index (χ2v) is 4.90. The molecule has 1 aliphatic rings. The fraction of sp³-hybridized carbons (Fsp3) is 0.429. The highest BCUT2D eigenvalue weighted by Gasteiger charge is 2.18. The quantitative estimate of drug-likeness (QED) is 0.865. The summed E-state index contributed by atoms with van der Waals surface area (Å²) in [7, 11) is 1.61. The number of hydrogen-bond acceptors (Lipinski definition) is 6. The summed E-state index contributed by atoms with van der Waals surface area (Å²) >= 11 is 0. The number of nitrogen functional groups attached to an aromatic ring is 1. The van der Waals surface area contributed by atoms with Gasteiger partial charge in [0.2, 0.25) is 0 Å². The Kier molecular flexibility index (Phi) is 3.45. The molecule has 6 heteroatoms. The number of piperidine rings is 1. The van der Waals surface area contributed by atoms with Crippen molar-refractivity contribution in [2.24, 2.45) is 0 Å². The first-order valence-corrected chi connectivity index (χ1v) is 6.80. The Morgan fingerprint density at radius 2 is 2.05 bits per heavy atom. The molecule has 0 unspecified atom stereocenters. The third kappa shape index (κ3) is 2.41. The Balaban J connectivity index is 1.89. The molecular weight excluding hydrogens is 256 g/mol. The van der Waals surface area contributed by atoms with Gasteiger partial charge in [-0.05, 0) is 42.6 Å². The van der Waals surface area contributed by atoms with Crippen molar-refractivity contribution in [3.63, 3.8) is 0 Å². The number of nitrogens with two attached hydrogens (primary N) is 1. The lowest BCUT2D eigenvalue weighted by atomic mass is 10.1. The molecule has 0 amide bonds. The molecule has 0 radical (unpaired) electrons. The molecule has 0 aliphatic carbocycles. The van der Waals surface area contributed by atoms with Gasteiger partial charge in [0.1, 0.15) is 5.75 Å². The number of aromatic nitrogens is 2. The molecule has 0 atom stereocenters. The number of ether oxygens (including phenoxy) is 1. The third-order valence-electron chi connectivity index (χ3n) is 3.55. The van der Waals surface area contributed by atoms with Gasteiger partial charge >= 0.3 is 0 Å². The molecule has 2 aromatic rings. The Labute approximate surface area is 117 Å². The maximum atomic E-state index is 5.97. The summed E-state index contributed by atoms with van der Waals surface area (Å²) in [6.45, 7) is 1.96. The van der Waals surface area contributed by atoms with Crippen LogP contribution in [0.25, 0.3) is 11.5 Å². The van der Waals surface area contributed by atoms with Crippen molar-refractivity contribution in [1.29, 1.82) is 0 Å². The van der Waals surface area contributed by atoms with Gasteiger partial charge < -0.3 is 19.9 Å². The molecule has 0 bridgehead atoms. The Morgan fingerprint density at radius 3 is 2.80 bits per heavy atom. The minimum atomic E-state index is 0.432. The van der Waals surface area contributed by atoms with E-state index in [4.69, 9.17) is 15.0 Å². The van der Waals surface area contributed by atoms with Gasteiger partial charge in [-0.25, -0.2) is 0 Å². The van der Waals surface area contributed by atoms with Crippen LogP contribution in [0.3, 0.4) is 0 Å². The van der Waals surface area contributed by atoms with E-state index in [0.29, 0.717) is 28.8 Å².